The number of carbonyl (C=O) groups is 1. The quantitative estimate of drug-likeness (QED) is 0.833. The number of rotatable bonds is 5. The number of carbonyl (C=O) groups excluding carboxylic acids is 1. The molecule has 1 amide bonds. The van der Waals surface area contributed by atoms with Crippen LogP contribution in [0.2, 0.25) is 0 Å². The Morgan fingerprint density at radius 1 is 1.19 bits per heavy atom. The summed E-state index contributed by atoms with van der Waals surface area (Å²) in [7, 11) is 0. The Morgan fingerprint density at radius 3 is 2.76 bits per heavy atom. The maximum absolute atomic E-state index is 13.5. The molecule has 110 valence electrons. The standard InChI is InChI=1S/C15H12BrF2NO2/c16-10-4-5-14(18)13(8-10)15(20)19-6-7-21-12-3-1-2-11(17)9-12/h1-5,8-9H,6-7H2,(H,19,20). The van der Waals surface area contributed by atoms with E-state index in [1.54, 1.807) is 6.07 Å². The first-order valence-corrected chi connectivity index (χ1v) is 6.97. The monoisotopic (exact) mass is 355 g/mol. The fraction of sp³-hybridized carbons (Fsp3) is 0.133. The van der Waals surface area contributed by atoms with Crippen molar-refractivity contribution in [2.45, 2.75) is 0 Å². The maximum atomic E-state index is 13.5. The van der Waals surface area contributed by atoms with Crippen molar-refractivity contribution in [3.8, 4) is 5.75 Å². The zero-order chi connectivity index (χ0) is 15.2. The van der Waals surface area contributed by atoms with E-state index in [9.17, 15) is 13.6 Å². The first kappa shape index (κ1) is 15.4. The summed E-state index contributed by atoms with van der Waals surface area (Å²) in [5, 5.41) is 2.53. The molecular formula is C15H12BrF2NO2. The van der Waals surface area contributed by atoms with E-state index >= 15 is 0 Å². The van der Waals surface area contributed by atoms with E-state index in [0.29, 0.717) is 10.2 Å². The van der Waals surface area contributed by atoms with Gasteiger partial charge < -0.3 is 10.1 Å². The van der Waals surface area contributed by atoms with Gasteiger partial charge in [-0.15, -0.1) is 0 Å². The third-order valence-corrected chi connectivity index (χ3v) is 3.12. The fourth-order valence-corrected chi connectivity index (χ4v) is 2.02. The normalized spacial score (nSPS) is 10.2. The number of nitrogens with one attached hydrogen (secondary N) is 1. The van der Waals surface area contributed by atoms with E-state index in [2.05, 4.69) is 21.2 Å². The molecule has 0 aliphatic heterocycles. The van der Waals surface area contributed by atoms with Crippen molar-refractivity contribution >= 4 is 21.8 Å². The van der Waals surface area contributed by atoms with Crippen LogP contribution in [0.5, 0.6) is 5.75 Å². The van der Waals surface area contributed by atoms with Gasteiger partial charge in [0, 0.05) is 10.5 Å². The van der Waals surface area contributed by atoms with Crippen molar-refractivity contribution in [2.75, 3.05) is 13.2 Å². The van der Waals surface area contributed by atoms with Crippen molar-refractivity contribution in [1.82, 2.24) is 5.32 Å². The molecule has 2 aromatic carbocycles. The van der Waals surface area contributed by atoms with Gasteiger partial charge in [-0.3, -0.25) is 4.79 Å². The minimum Gasteiger partial charge on any atom is -0.492 e. The molecular weight excluding hydrogens is 344 g/mol. The smallest absolute Gasteiger partial charge is 0.254 e. The lowest BCUT2D eigenvalue weighted by Crippen LogP contribution is -2.28. The molecule has 0 spiro atoms. The zero-order valence-corrected chi connectivity index (χ0v) is 12.5. The van der Waals surface area contributed by atoms with Gasteiger partial charge >= 0.3 is 0 Å². The maximum Gasteiger partial charge on any atom is 0.254 e. The summed E-state index contributed by atoms with van der Waals surface area (Å²) in [6.07, 6.45) is 0. The molecule has 0 aliphatic rings. The molecule has 0 aliphatic carbocycles. The summed E-state index contributed by atoms with van der Waals surface area (Å²) < 4.78 is 32.3. The number of benzene rings is 2. The number of amides is 1. The molecule has 0 saturated heterocycles. The molecule has 0 aromatic heterocycles. The molecule has 21 heavy (non-hydrogen) atoms. The summed E-state index contributed by atoms with van der Waals surface area (Å²) >= 11 is 3.18. The highest BCUT2D eigenvalue weighted by molar-refractivity contribution is 9.10. The molecule has 2 rings (SSSR count). The van der Waals surface area contributed by atoms with Gasteiger partial charge in [-0.2, -0.15) is 0 Å². The van der Waals surface area contributed by atoms with Gasteiger partial charge in [-0.05, 0) is 30.3 Å². The van der Waals surface area contributed by atoms with Crippen molar-refractivity contribution in [2.24, 2.45) is 0 Å². The summed E-state index contributed by atoms with van der Waals surface area (Å²) in [5.74, 6) is -1.15. The van der Waals surface area contributed by atoms with Gasteiger partial charge in [0.05, 0.1) is 12.1 Å². The lowest BCUT2D eigenvalue weighted by atomic mass is 10.2. The number of hydrogen-bond acceptors (Lipinski definition) is 2. The average molecular weight is 356 g/mol. The molecule has 0 unspecified atom stereocenters. The van der Waals surface area contributed by atoms with E-state index in [1.807, 2.05) is 0 Å². The zero-order valence-electron chi connectivity index (χ0n) is 10.9. The summed E-state index contributed by atoms with van der Waals surface area (Å²) in [4.78, 5) is 11.8. The van der Waals surface area contributed by atoms with Gasteiger partial charge in [0.15, 0.2) is 0 Å². The van der Waals surface area contributed by atoms with Crippen LogP contribution in [-0.2, 0) is 0 Å². The highest BCUT2D eigenvalue weighted by Crippen LogP contribution is 2.15. The number of hydrogen-bond donors (Lipinski definition) is 1. The number of ether oxygens (including phenoxy) is 1. The lowest BCUT2D eigenvalue weighted by Gasteiger charge is -2.08. The Labute approximate surface area is 129 Å². The van der Waals surface area contributed by atoms with E-state index in [1.165, 1.54) is 36.4 Å². The van der Waals surface area contributed by atoms with E-state index < -0.39 is 17.5 Å². The van der Waals surface area contributed by atoms with Crippen LogP contribution in [0.1, 0.15) is 10.4 Å². The predicted molar refractivity (Wildman–Crippen MR) is 78.3 cm³/mol. The topological polar surface area (TPSA) is 38.3 Å². The van der Waals surface area contributed by atoms with E-state index in [0.717, 1.165) is 0 Å². The van der Waals surface area contributed by atoms with Crippen LogP contribution in [0.25, 0.3) is 0 Å². The van der Waals surface area contributed by atoms with Crippen LogP contribution in [0.15, 0.2) is 46.9 Å². The van der Waals surface area contributed by atoms with Crippen LogP contribution >= 0.6 is 15.9 Å². The van der Waals surface area contributed by atoms with Gasteiger partial charge in [0.1, 0.15) is 24.0 Å². The van der Waals surface area contributed by atoms with Crippen LogP contribution in [0.3, 0.4) is 0 Å². The Bertz CT molecular complexity index is 649. The lowest BCUT2D eigenvalue weighted by molar-refractivity contribution is 0.0943. The molecule has 3 nitrogen and oxygen atoms in total. The summed E-state index contributed by atoms with van der Waals surface area (Å²) in [6.45, 7) is 0.339. The molecule has 0 heterocycles. The minimum absolute atomic E-state index is 0.0462. The summed E-state index contributed by atoms with van der Waals surface area (Å²) in [6, 6.07) is 9.82. The van der Waals surface area contributed by atoms with Crippen LogP contribution in [0, 0.1) is 11.6 Å². The number of halogens is 3. The van der Waals surface area contributed by atoms with E-state index in [4.69, 9.17) is 4.74 Å². The second kappa shape index (κ2) is 7.17. The molecule has 6 heteroatoms. The highest BCUT2D eigenvalue weighted by Gasteiger charge is 2.11. The molecule has 0 saturated carbocycles. The second-order valence-electron chi connectivity index (χ2n) is 4.19. The third kappa shape index (κ3) is 4.53. The predicted octanol–water partition coefficient (Wildman–Crippen LogP) is 3.54. The van der Waals surface area contributed by atoms with Gasteiger partial charge in [0.25, 0.3) is 5.91 Å². The minimum atomic E-state index is -0.596. The van der Waals surface area contributed by atoms with Crippen molar-refractivity contribution in [1.29, 1.82) is 0 Å². The largest absolute Gasteiger partial charge is 0.492 e. The van der Waals surface area contributed by atoms with E-state index in [-0.39, 0.29) is 18.7 Å². The van der Waals surface area contributed by atoms with Crippen molar-refractivity contribution < 1.29 is 18.3 Å². The highest BCUT2D eigenvalue weighted by atomic mass is 79.9. The molecule has 1 N–H and O–H groups in total. The average Bonchev–Trinajstić information content (AvgIpc) is 2.46. The Kier molecular flexibility index (Phi) is 5.27. The summed E-state index contributed by atoms with van der Waals surface area (Å²) in [5.41, 5.74) is -0.0462. The second-order valence-corrected chi connectivity index (χ2v) is 5.10. The Morgan fingerprint density at radius 2 is 2.00 bits per heavy atom. The molecule has 0 fully saturated rings. The van der Waals surface area contributed by atoms with Crippen LogP contribution in [-0.4, -0.2) is 19.1 Å². The molecule has 0 radical (unpaired) electrons. The molecule has 0 bridgehead atoms. The van der Waals surface area contributed by atoms with Gasteiger partial charge in [0.2, 0.25) is 0 Å². The van der Waals surface area contributed by atoms with Gasteiger partial charge in [-0.1, -0.05) is 22.0 Å². The first-order chi connectivity index (χ1) is 10.1. The first-order valence-electron chi connectivity index (χ1n) is 6.18. The van der Waals surface area contributed by atoms with Gasteiger partial charge in [-0.25, -0.2) is 8.78 Å². The third-order valence-electron chi connectivity index (χ3n) is 2.63. The SMILES string of the molecule is O=C(NCCOc1cccc(F)c1)c1cc(Br)ccc1F. The molecule has 2 aromatic rings. The van der Waals surface area contributed by atoms with Crippen molar-refractivity contribution in [3.63, 3.8) is 0 Å². The Balaban J connectivity index is 1.83. The Hall–Kier alpha value is -1.95. The molecule has 0 atom stereocenters. The van der Waals surface area contributed by atoms with Crippen LogP contribution in [0.4, 0.5) is 8.78 Å². The fourth-order valence-electron chi connectivity index (χ4n) is 1.66. The van der Waals surface area contributed by atoms with Crippen LogP contribution < -0.4 is 10.1 Å². The van der Waals surface area contributed by atoms with Crippen molar-refractivity contribution in [3.05, 3.63) is 64.1 Å².